The summed E-state index contributed by atoms with van der Waals surface area (Å²) in [4.78, 5) is 72.0. The Morgan fingerprint density at radius 1 is 0.886 bits per heavy atom. The zero-order valence-electron chi connectivity index (χ0n) is 46.0. The number of carbonyl (C=O) groups excluding carboxylic acids is 3. The van der Waals surface area contributed by atoms with Gasteiger partial charge in [-0.1, -0.05) is 87.0 Å². The third-order valence-electron chi connectivity index (χ3n) is 18.3. The molecule has 3 aromatic heterocycles. The number of aliphatic hydroxyl groups excluding tert-OH is 1. The molecule has 3 aromatic carbocycles. The van der Waals surface area contributed by atoms with E-state index >= 15 is 0 Å². The molecule has 9 atom stereocenters. The number of β-amino-alcohol motifs (C(OH)–C–C–N with tert-alkyl or cyclic N) is 1. The van der Waals surface area contributed by atoms with E-state index in [-0.39, 0.29) is 55.2 Å². The molecule has 0 spiro atoms. The zero-order chi connectivity index (χ0) is 54.7. The first-order valence-electron chi connectivity index (χ1n) is 28.6. The van der Waals surface area contributed by atoms with Gasteiger partial charge in [-0.05, 0) is 118 Å². The van der Waals surface area contributed by atoms with Crippen molar-refractivity contribution >= 4 is 68.2 Å². The number of carbonyl (C=O) groups is 3. The topological polar surface area (TPSA) is 181 Å². The monoisotopic (exact) mass is 1110 g/mol. The van der Waals surface area contributed by atoms with Gasteiger partial charge in [0, 0.05) is 91.4 Å². The number of nitrogens with zero attached hydrogens (tertiary/aromatic N) is 8. The van der Waals surface area contributed by atoms with Crippen molar-refractivity contribution < 1.29 is 24.2 Å². The van der Waals surface area contributed by atoms with Crippen molar-refractivity contribution in [1.82, 2.24) is 50.6 Å². The van der Waals surface area contributed by atoms with Gasteiger partial charge in [0.25, 0.3) is 0 Å². The summed E-state index contributed by atoms with van der Waals surface area (Å²) in [5.74, 6) is 1.42. The average molecular weight is 1110 g/mol. The zero-order valence-corrected chi connectivity index (χ0v) is 47.6. The summed E-state index contributed by atoms with van der Waals surface area (Å²) >= 11 is 8.42. The number of ether oxygens (including phenoxy) is 1. The Hall–Kier alpha value is -5.82. The number of rotatable bonds is 13. The molecule has 1 saturated carbocycles. The Morgan fingerprint density at radius 3 is 2.32 bits per heavy atom. The number of anilines is 1. The van der Waals surface area contributed by atoms with Crippen LogP contribution in [0, 0.1) is 30.1 Å². The molecule has 5 saturated heterocycles. The number of halogens is 1. The fourth-order valence-corrected chi connectivity index (χ4v) is 14.8. The van der Waals surface area contributed by atoms with Crippen LogP contribution in [-0.2, 0) is 20.9 Å². The summed E-state index contributed by atoms with van der Waals surface area (Å²) in [7, 11) is 2.16. The highest BCUT2D eigenvalue weighted by molar-refractivity contribution is 7.13. The number of piperazine rings is 1. The van der Waals surface area contributed by atoms with Gasteiger partial charge in [0.2, 0.25) is 17.7 Å². The van der Waals surface area contributed by atoms with E-state index in [4.69, 9.17) is 31.3 Å². The highest BCUT2D eigenvalue weighted by atomic mass is 35.5. The van der Waals surface area contributed by atoms with Crippen molar-refractivity contribution in [2.24, 2.45) is 23.2 Å². The third-order valence-corrected chi connectivity index (χ3v) is 19.5. The van der Waals surface area contributed by atoms with Gasteiger partial charge in [-0.25, -0.2) is 4.98 Å². The first kappa shape index (κ1) is 53.8. The Bertz CT molecular complexity index is 3210. The molecule has 6 fully saturated rings. The molecule has 5 unspecified atom stereocenters. The van der Waals surface area contributed by atoms with Crippen molar-refractivity contribution in [2.75, 3.05) is 57.8 Å². The first-order chi connectivity index (χ1) is 38.1. The van der Waals surface area contributed by atoms with E-state index in [9.17, 15) is 19.5 Å². The highest BCUT2D eigenvalue weighted by Gasteiger charge is 2.46. The smallest absolute Gasteiger partial charge is 0.319 e. The molecule has 1 aliphatic carbocycles. The van der Waals surface area contributed by atoms with Crippen LogP contribution in [0.25, 0.3) is 43.4 Å². The van der Waals surface area contributed by atoms with E-state index in [1.165, 1.54) is 30.6 Å². The van der Waals surface area contributed by atoms with Crippen LogP contribution in [0.4, 0.5) is 5.82 Å². The summed E-state index contributed by atoms with van der Waals surface area (Å²) in [6, 6.07) is 22.1. The lowest BCUT2D eigenvalue weighted by molar-refractivity contribution is -0.144. The second kappa shape index (κ2) is 22.3. The second-order valence-corrected chi connectivity index (χ2v) is 25.8. The van der Waals surface area contributed by atoms with E-state index in [0.717, 1.165) is 111 Å². The number of pyridine rings is 1. The van der Waals surface area contributed by atoms with Crippen molar-refractivity contribution in [3.8, 4) is 27.7 Å². The molecule has 16 nitrogen and oxygen atoms in total. The number of fused-ring (bicyclic) bond motifs is 5. The van der Waals surface area contributed by atoms with Crippen LogP contribution in [0.2, 0.25) is 5.02 Å². The molecule has 4 N–H and O–H groups in total. The largest absolute Gasteiger partial charge is 0.462 e. The van der Waals surface area contributed by atoms with Gasteiger partial charge in [-0.15, -0.1) is 11.3 Å². The van der Waals surface area contributed by atoms with Crippen LogP contribution in [-0.4, -0.2) is 153 Å². The maximum absolute atomic E-state index is 14.5. The fraction of sp³-hybridized carbons (Fsp3) is 0.525. The Labute approximate surface area is 472 Å². The lowest BCUT2D eigenvalue weighted by Crippen LogP contribution is -2.59. The van der Waals surface area contributed by atoms with Crippen molar-refractivity contribution in [3.05, 3.63) is 94.7 Å². The first-order valence-corrected chi connectivity index (χ1v) is 29.9. The minimum atomic E-state index is -0.883. The predicted octanol–water partition coefficient (Wildman–Crippen LogP) is 7.87. The average Bonchev–Trinajstić information content (AvgIpc) is 4.24. The Balaban J connectivity index is 0.680. The lowest BCUT2D eigenvalue weighted by Gasteiger charge is -2.38. The molecule has 6 aliphatic rings. The van der Waals surface area contributed by atoms with Gasteiger partial charge in [-0.2, -0.15) is 9.97 Å². The van der Waals surface area contributed by atoms with Gasteiger partial charge in [0.1, 0.15) is 24.5 Å². The number of aliphatic hydroxyl groups is 1. The van der Waals surface area contributed by atoms with Crippen LogP contribution < -0.4 is 25.6 Å². The summed E-state index contributed by atoms with van der Waals surface area (Å²) in [5, 5.41) is 24.5. The molecule has 3 amide bonds. The van der Waals surface area contributed by atoms with Gasteiger partial charge >= 0.3 is 6.01 Å². The molecular weight excluding hydrogens is 1030 g/mol. The molecule has 5 aliphatic heterocycles. The van der Waals surface area contributed by atoms with Crippen molar-refractivity contribution in [1.29, 1.82) is 0 Å². The maximum atomic E-state index is 14.5. The number of aromatic nitrogens is 4. The third kappa shape index (κ3) is 11.2. The number of thiazole rings is 1. The van der Waals surface area contributed by atoms with Crippen molar-refractivity contribution in [3.63, 3.8) is 0 Å². The summed E-state index contributed by atoms with van der Waals surface area (Å²) in [6.07, 6.45) is 8.55. The standard InChI is InChI=1S/C61H74ClN11O5S/c1-35-54(79-34-65-35)38-14-12-36(13-15-38)27-64-58(76)52-25-46(74)32-73(52)59(77)55(61(2,3)4)68-57(75)39-18-20-71(21-19-39)44-24-45(70(5)31-44)33-78-60-67-51-26-50(47-10-6-8-37-9-7-11-49(62)53(37)47)63-28-48(51)56(69-60)72-29-42-22-40-16-17-41(40)23-43(30-72)66-42/h6-15,26,28,34,39-46,52,55,66,74H,16-25,27,29-33H2,1-5H3,(H,64,76)(H,68,75)/t40?,41?,42?,43?,44-,45-,46-,52+,55?/m0/s1. The molecule has 12 rings (SSSR count). The van der Waals surface area contributed by atoms with E-state index in [1.54, 1.807) is 11.3 Å². The molecule has 79 heavy (non-hydrogen) atoms. The molecule has 0 radical (unpaired) electrons. The van der Waals surface area contributed by atoms with E-state index in [1.807, 2.05) is 81.9 Å². The van der Waals surface area contributed by atoms with Crippen LogP contribution >= 0.6 is 22.9 Å². The minimum Gasteiger partial charge on any atom is -0.462 e. The van der Waals surface area contributed by atoms with Gasteiger partial charge in [0.15, 0.2) is 0 Å². The number of piperidine rings is 1. The van der Waals surface area contributed by atoms with Crippen LogP contribution in [0.3, 0.4) is 0 Å². The van der Waals surface area contributed by atoms with Gasteiger partial charge in [0.05, 0.1) is 38.8 Å². The molecule has 416 valence electrons. The Morgan fingerprint density at radius 2 is 1.62 bits per heavy atom. The number of hydrogen-bond acceptors (Lipinski definition) is 14. The van der Waals surface area contributed by atoms with Crippen LogP contribution in [0.15, 0.2) is 78.4 Å². The summed E-state index contributed by atoms with van der Waals surface area (Å²) in [5.41, 5.74) is 6.68. The van der Waals surface area contributed by atoms with Crippen molar-refractivity contribution in [2.45, 2.75) is 128 Å². The summed E-state index contributed by atoms with van der Waals surface area (Å²) < 4.78 is 6.69. The fourth-order valence-electron chi connectivity index (χ4n) is 13.7. The number of likely N-dealkylation sites (tertiary alicyclic amines) is 3. The number of aryl methyl sites for hydroxylation is 1. The molecule has 18 heteroatoms. The van der Waals surface area contributed by atoms with E-state index < -0.39 is 23.6 Å². The molecular formula is C61H74ClN11O5S. The number of amides is 3. The van der Waals surface area contributed by atoms with Gasteiger partial charge in [-0.3, -0.25) is 29.2 Å². The molecule has 8 heterocycles. The molecule has 6 aromatic rings. The van der Waals surface area contributed by atoms with E-state index in [0.29, 0.717) is 42.6 Å². The maximum Gasteiger partial charge on any atom is 0.319 e. The number of likely N-dealkylation sites (N-methyl/N-ethyl adjacent to an activating group) is 1. The number of hydrogen-bond donors (Lipinski definition) is 4. The minimum absolute atomic E-state index is 0.0258. The lowest BCUT2D eigenvalue weighted by atomic mass is 9.69. The number of nitrogens with one attached hydrogen (secondary N) is 3. The Kier molecular flexibility index (Phi) is 15.2. The molecule has 2 bridgehead atoms. The SMILES string of the molecule is Cc1ncsc1-c1ccc(CNC(=O)[C@H]2C[C@H](O)CN2C(=O)C(NC(=O)C2CCN([C@H]3C[C@@H](COc4nc(N5CC6CC7CCC7CC(C5)N6)c5cnc(-c6cccc7cccc(Cl)c67)cc5n4)N(C)C3)CC2)C(C)(C)C)cc1. The van der Waals surface area contributed by atoms with Gasteiger partial charge < -0.3 is 35.6 Å². The summed E-state index contributed by atoms with van der Waals surface area (Å²) in [6.45, 7) is 12.7. The van der Waals surface area contributed by atoms with E-state index in [2.05, 4.69) is 66.9 Å². The highest BCUT2D eigenvalue weighted by Crippen LogP contribution is 2.44. The predicted molar refractivity (Wildman–Crippen MR) is 310 cm³/mol. The number of benzene rings is 3. The van der Waals surface area contributed by atoms with Crippen LogP contribution in [0.5, 0.6) is 6.01 Å². The normalized spacial score (nSPS) is 26.2. The van der Waals surface area contributed by atoms with Crippen LogP contribution in [0.1, 0.15) is 83.4 Å². The second-order valence-electron chi connectivity index (χ2n) is 24.6. The quantitative estimate of drug-likeness (QED) is 0.0879.